The van der Waals surface area contributed by atoms with Crippen LogP contribution >= 0.6 is 0 Å². The van der Waals surface area contributed by atoms with Gasteiger partial charge in [-0.1, -0.05) is 0 Å². The maximum atomic E-state index is 12.4. The normalized spacial score (nSPS) is 12.4. The molecule has 6 nitrogen and oxygen atoms in total. The molecule has 0 saturated carbocycles. The highest BCUT2D eigenvalue weighted by Gasteiger charge is 2.29. The van der Waals surface area contributed by atoms with Gasteiger partial charge in [0.15, 0.2) is 0 Å². The molecule has 0 heterocycles. The summed E-state index contributed by atoms with van der Waals surface area (Å²) in [6.45, 7) is 6.61. The first-order valence-electron chi connectivity index (χ1n) is 6.13. The summed E-state index contributed by atoms with van der Waals surface area (Å²) in [5.41, 5.74) is 11.6. The number of anilines is 1. The van der Waals surface area contributed by atoms with Crippen LogP contribution in [0.5, 0.6) is 0 Å². The van der Waals surface area contributed by atoms with E-state index in [0.29, 0.717) is 11.3 Å². The van der Waals surface area contributed by atoms with Gasteiger partial charge in [0, 0.05) is 17.6 Å². The fraction of sp³-hybridized carbons (Fsp3) is 0.462. The van der Waals surface area contributed by atoms with Crippen molar-refractivity contribution in [1.82, 2.24) is 4.72 Å². The first kappa shape index (κ1) is 16.5. The average molecular weight is 299 g/mol. The van der Waals surface area contributed by atoms with E-state index in [2.05, 4.69) is 4.72 Å². The monoisotopic (exact) mass is 299 g/mol. The van der Waals surface area contributed by atoms with Gasteiger partial charge in [0.05, 0.1) is 4.90 Å². The molecule has 0 saturated heterocycles. The van der Waals surface area contributed by atoms with E-state index in [1.807, 2.05) is 0 Å². The first-order chi connectivity index (χ1) is 8.94. The number of primary amides is 1. The zero-order valence-corrected chi connectivity index (χ0v) is 13.0. The van der Waals surface area contributed by atoms with Crippen LogP contribution in [0.3, 0.4) is 0 Å². The molecule has 0 fully saturated rings. The number of aryl methyl sites for hydroxylation is 1. The quantitative estimate of drug-likeness (QED) is 0.698. The van der Waals surface area contributed by atoms with Crippen LogP contribution in [0.1, 0.15) is 31.4 Å². The van der Waals surface area contributed by atoms with Crippen LogP contribution in [0, 0.1) is 13.8 Å². The number of nitrogens with two attached hydrogens (primary N) is 2. The Hall–Kier alpha value is -1.60. The second kappa shape index (κ2) is 5.41. The molecular weight excluding hydrogens is 278 g/mol. The average Bonchev–Trinajstić information content (AvgIpc) is 2.19. The highest BCUT2D eigenvalue weighted by Crippen LogP contribution is 2.24. The fourth-order valence-corrected chi connectivity index (χ4v) is 3.79. The number of sulfonamides is 1. The van der Waals surface area contributed by atoms with Crippen LogP contribution in [0.25, 0.3) is 0 Å². The molecule has 0 aliphatic carbocycles. The zero-order chi connectivity index (χ0) is 15.7. The molecule has 0 spiro atoms. The molecule has 5 N–H and O–H groups in total. The van der Waals surface area contributed by atoms with Gasteiger partial charge in [-0.3, -0.25) is 4.79 Å². The third kappa shape index (κ3) is 3.94. The molecule has 0 aromatic heterocycles. The molecule has 0 aliphatic rings. The van der Waals surface area contributed by atoms with Crippen LogP contribution in [-0.4, -0.2) is 19.9 Å². The van der Waals surface area contributed by atoms with E-state index in [9.17, 15) is 13.2 Å². The molecule has 0 atom stereocenters. The van der Waals surface area contributed by atoms with Crippen molar-refractivity contribution in [2.24, 2.45) is 5.73 Å². The SMILES string of the molecule is Cc1cc(N)c(C)c(S(=O)(=O)NC(C)(C)CC(N)=O)c1. The van der Waals surface area contributed by atoms with Gasteiger partial charge < -0.3 is 11.5 Å². The lowest BCUT2D eigenvalue weighted by atomic mass is 10.0. The maximum absolute atomic E-state index is 12.4. The number of benzene rings is 1. The molecule has 1 rings (SSSR count). The van der Waals surface area contributed by atoms with Gasteiger partial charge in [0.2, 0.25) is 15.9 Å². The molecule has 0 aliphatic heterocycles. The smallest absolute Gasteiger partial charge is 0.241 e. The number of carbonyl (C=O) groups excluding carboxylic acids is 1. The number of hydrogen-bond donors (Lipinski definition) is 3. The summed E-state index contributed by atoms with van der Waals surface area (Å²) in [5, 5.41) is 0. The Morgan fingerprint density at radius 1 is 1.30 bits per heavy atom. The lowest BCUT2D eigenvalue weighted by Crippen LogP contribution is -2.46. The third-order valence-corrected chi connectivity index (χ3v) is 4.69. The number of amides is 1. The van der Waals surface area contributed by atoms with Crippen LogP contribution in [-0.2, 0) is 14.8 Å². The van der Waals surface area contributed by atoms with E-state index in [4.69, 9.17) is 11.5 Å². The van der Waals surface area contributed by atoms with Crippen LogP contribution in [0.4, 0.5) is 5.69 Å². The van der Waals surface area contributed by atoms with Crippen molar-refractivity contribution in [2.75, 3.05) is 5.73 Å². The number of carbonyl (C=O) groups is 1. The van der Waals surface area contributed by atoms with Gasteiger partial charge in [-0.05, 0) is 51.0 Å². The zero-order valence-electron chi connectivity index (χ0n) is 12.1. The van der Waals surface area contributed by atoms with Crippen molar-refractivity contribution in [1.29, 1.82) is 0 Å². The van der Waals surface area contributed by atoms with Gasteiger partial charge in [-0.15, -0.1) is 0 Å². The lowest BCUT2D eigenvalue weighted by molar-refractivity contribution is -0.119. The standard InChI is InChI=1S/C13H21N3O3S/c1-8-5-10(14)9(2)11(6-8)20(18,19)16-13(3,4)7-12(15)17/h5-6,16H,7,14H2,1-4H3,(H2,15,17). The third-order valence-electron chi connectivity index (χ3n) is 2.86. The Morgan fingerprint density at radius 2 is 1.85 bits per heavy atom. The topological polar surface area (TPSA) is 115 Å². The molecule has 0 bridgehead atoms. The summed E-state index contributed by atoms with van der Waals surface area (Å²) in [7, 11) is -3.78. The molecular formula is C13H21N3O3S. The minimum atomic E-state index is -3.78. The molecule has 112 valence electrons. The second-order valence-electron chi connectivity index (χ2n) is 5.61. The molecule has 20 heavy (non-hydrogen) atoms. The Kier molecular flexibility index (Phi) is 4.45. The molecule has 7 heteroatoms. The lowest BCUT2D eigenvalue weighted by Gasteiger charge is -2.25. The van der Waals surface area contributed by atoms with E-state index in [-0.39, 0.29) is 11.3 Å². The molecule has 1 aromatic carbocycles. The van der Waals surface area contributed by atoms with Crippen molar-refractivity contribution < 1.29 is 13.2 Å². The van der Waals surface area contributed by atoms with Crippen molar-refractivity contribution in [3.63, 3.8) is 0 Å². The summed E-state index contributed by atoms with van der Waals surface area (Å²) in [6.07, 6.45) is -0.0907. The number of nitrogen functional groups attached to an aromatic ring is 1. The van der Waals surface area contributed by atoms with Crippen molar-refractivity contribution in [3.8, 4) is 0 Å². The molecule has 0 unspecified atom stereocenters. The minimum Gasteiger partial charge on any atom is -0.398 e. The summed E-state index contributed by atoms with van der Waals surface area (Å²) in [6, 6.07) is 3.26. The summed E-state index contributed by atoms with van der Waals surface area (Å²) >= 11 is 0. The van der Waals surface area contributed by atoms with Gasteiger partial charge in [-0.2, -0.15) is 0 Å². The Labute approximate surface area is 119 Å². The van der Waals surface area contributed by atoms with Gasteiger partial charge in [0.1, 0.15) is 0 Å². The van der Waals surface area contributed by atoms with Crippen LogP contribution in [0.2, 0.25) is 0 Å². The number of hydrogen-bond acceptors (Lipinski definition) is 4. The Balaban J connectivity index is 3.22. The minimum absolute atomic E-state index is 0.0907. The van der Waals surface area contributed by atoms with E-state index in [1.54, 1.807) is 39.8 Å². The van der Waals surface area contributed by atoms with Crippen molar-refractivity contribution in [3.05, 3.63) is 23.3 Å². The Bertz CT molecular complexity index is 637. The number of rotatable bonds is 5. The van der Waals surface area contributed by atoms with E-state index < -0.39 is 21.5 Å². The summed E-state index contributed by atoms with van der Waals surface area (Å²) in [4.78, 5) is 11.1. The van der Waals surface area contributed by atoms with Crippen LogP contribution < -0.4 is 16.2 Å². The summed E-state index contributed by atoms with van der Waals surface area (Å²) < 4.78 is 27.4. The predicted molar refractivity (Wildman–Crippen MR) is 78.5 cm³/mol. The van der Waals surface area contributed by atoms with E-state index >= 15 is 0 Å². The predicted octanol–water partition coefficient (Wildman–Crippen LogP) is 0.818. The molecule has 1 aromatic rings. The highest BCUT2D eigenvalue weighted by molar-refractivity contribution is 7.89. The van der Waals surface area contributed by atoms with E-state index in [0.717, 1.165) is 5.56 Å². The Morgan fingerprint density at radius 3 is 2.35 bits per heavy atom. The highest BCUT2D eigenvalue weighted by atomic mass is 32.2. The molecule has 0 radical (unpaired) electrons. The van der Waals surface area contributed by atoms with Gasteiger partial charge in [-0.25, -0.2) is 13.1 Å². The van der Waals surface area contributed by atoms with Gasteiger partial charge >= 0.3 is 0 Å². The second-order valence-corrected chi connectivity index (χ2v) is 7.26. The van der Waals surface area contributed by atoms with Crippen molar-refractivity contribution in [2.45, 2.75) is 44.6 Å². The fourth-order valence-electron chi connectivity index (χ4n) is 2.02. The van der Waals surface area contributed by atoms with Gasteiger partial charge in [0.25, 0.3) is 0 Å². The number of nitrogens with one attached hydrogen (secondary N) is 1. The summed E-state index contributed by atoms with van der Waals surface area (Å²) in [5.74, 6) is -0.571. The first-order valence-corrected chi connectivity index (χ1v) is 7.62. The van der Waals surface area contributed by atoms with Crippen LogP contribution in [0.15, 0.2) is 17.0 Å². The van der Waals surface area contributed by atoms with Crippen molar-refractivity contribution >= 4 is 21.6 Å². The largest absolute Gasteiger partial charge is 0.398 e. The molecule has 1 amide bonds. The van der Waals surface area contributed by atoms with E-state index in [1.165, 1.54) is 0 Å². The maximum Gasteiger partial charge on any atom is 0.241 e.